The Morgan fingerprint density at radius 2 is 1.68 bits per heavy atom. The van der Waals surface area contributed by atoms with E-state index in [0.717, 1.165) is 41.1 Å². The highest BCUT2D eigenvalue weighted by molar-refractivity contribution is 8.26. The predicted octanol–water partition coefficient (Wildman–Crippen LogP) is 6.77. The summed E-state index contributed by atoms with van der Waals surface area (Å²) in [5, 5.41) is 4.89. The molecule has 0 spiro atoms. The molecule has 186 valence electrons. The Morgan fingerprint density at radius 1 is 0.973 bits per heavy atom. The van der Waals surface area contributed by atoms with Crippen molar-refractivity contribution in [3.63, 3.8) is 0 Å². The van der Waals surface area contributed by atoms with Crippen LogP contribution in [0.4, 0.5) is 0 Å². The van der Waals surface area contributed by atoms with E-state index in [1.807, 2.05) is 89.8 Å². The van der Waals surface area contributed by atoms with Crippen molar-refractivity contribution < 1.29 is 9.53 Å². The highest BCUT2D eigenvalue weighted by Crippen LogP contribution is 2.35. The number of thioether (sulfide) groups is 1. The lowest BCUT2D eigenvalue weighted by Gasteiger charge is -2.14. The van der Waals surface area contributed by atoms with E-state index in [2.05, 4.69) is 19.1 Å². The largest absolute Gasteiger partial charge is 0.494 e. The first-order valence-electron chi connectivity index (χ1n) is 12.3. The zero-order valence-electron chi connectivity index (χ0n) is 20.5. The average Bonchev–Trinajstić information content (AvgIpc) is 3.48. The summed E-state index contributed by atoms with van der Waals surface area (Å²) in [6, 6.07) is 28.0. The monoisotopic (exact) mass is 525 g/mol. The van der Waals surface area contributed by atoms with Crippen LogP contribution in [0.15, 0.2) is 96.0 Å². The topological polar surface area (TPSA) is 47.4 Å². The number of hydrogen-bond donors (Lipinski definition) is 0. The van der Waals surface area contributed by atoms with E-state index in [-0.39, 0.29) is 5.91 Å². The molecule has 1 amide bonds. The van der Waals surface area contributed by atoms with E-state index in [9.17, 15) is 4.79 Å². The Labute approximate surface area is 226 Å². The molecular weight excluding hydrogens is 498 g/mol. The standard InChI is InChI=1S/C30H27N3O2S2/c1-2-19-35-26-15-13-23(14-16-26)28-24(21-33(31-28)25-11-7-4-8-12-25)20-27-29(34)32(30(36)37-27)18-17-22-9-5-3-6-10-22/h3-16,20-21H,2,17-19H2,1H3. The second-order valence-corrected chi connectivity index (χ2v) is 10.3. The van der Waals surface area contributed by atoms with E-state index < -0.39 is 0 Å². The van der Waals surface area contributed by atoms with Crippen LogP contribution in [0.3, 0.4) is 0 Å². The Kier molecular flexibility index (Phi) is 7.82. The molecule has 1 saturated heterocycles. The Hall–Kier alpha value is -3.68. The van der Waals surface area contributed by atoms with Crippen LogP contribution in [0.1, 0.15) is 24.5 Å². The highest BCUT2D eigenvalue weighted by Gasteiger charge is 2.32. The van der Waals surface area contributed by atoms with Crippen molar-refractivity contribution in [2.75, 3.05) is 13.2 Å². The first-order valence-corrected chi connectivity index (χ1v) is 13.5. The molecule has 0 unspecified atom stereocenters. The SMILES string of the molecule is CCCOc1ccc(-c2nn(-c3ccccc3)cc2C=C2SC(=S)N(CCc3ccccc3)C2=O)cc1. The maximum atomic E-state index is 13.3. The molecule has 1 fully saturated rings. The third-order valence-electron chi connectivity index (χ3n) is 5.99. The molecule has 5 nitrogen and oxygen atoms in total. The van der Waals surface area contributed by atoms with Crippen LogP contribution in [0.2, 0.25) is 0 Å². The number of rotatable bonds is 9. The number of ether oxygens (including phenoxy) is 1. The lowest BCUT2D eigenvalue weighted by molar-refractivity contribution is -0.122. The van der Waals surface area contributed by atoms with Crippen molar-refractivity contribution in [2.45, 2.75) is 19.8 Å². The van der Waals surface area contributed by atoms with Crippen molar-refractivity contribution in [2.24, 2.45) is 0 Å². The number of nitrogens with zero attached hydrogens (tertiary/aromatic N) is 3. The summed E-state index contributed by atoms with van der Waals surface area (Å²) in [5.74, 6) is 0.765. The number of hydrogen-bond acceptors (Lipinski definition) is 5. The number of para-hydroxylation sites is 1. The number of aromatic nitrogens is 2. The van der Waals surface area contributed by atoms with Crippen LogP contribution in [0, 0.1) is 0 Å². The van der Waals surface area contributed by atoms with Crippen molar-refractivity contribution in [3.8, 4) is 22.7 Å². The molecule has 1 aliphatic rings. The average molecular weight is 526 g/mol. The van der Waals surface area contributed by atoms with Crippen molar-refractivity contribution >= 4 is 40.3 Å². The van der Waals surface area contributed by atoms with Crippen molar-refractivity contribution in [1.82, 2.24) is 14.7 Å². The minimum Gasteiger partial charge on any atom is -0.494 e. The zero-order valence-corrected chi connectivity index (χ0v) is 22.2. The quantitative estimate of drug-likeness (QED) is 0.178. The second kappa shape index (κ2) is 11.6. The molecule has 0 aliphatic carbocycles. The lowest BCUT2D eigenvalue weighted by atomic mass is 10.1. The van der Waals surface area contributed by atoms with Crippen molar-refractivity contribution in [3.05, 3.63) is 107 Å². The summed E-state index contributed by atoms with van der Waals surface area (Å²) in [5.41, 5.74) is 4.72. The zero-order chi connectivity index (χ0) is 25.6. The van der Waals surface area contributed by atoms with Gasteiger partial charge in [0.05, 0.1) is 22.9 Å². The molecular formula is C30H27N3O2S2. The van der Waals surface area contributed by atoms with Crippen LogP contribution in [-0.2, 0) is 11.2 Å². The first kappa shape index (κ1) is 25.0. The summed E-state index contributed by atoms with van der Waals surface area (Å²) in [6.07, 6.45) is 5.58. The number of carbonyl (C=O) groups is 1. The van der Waals surface area contributed by atoms with E-state index in [0.29, 0.717) is 22.4 Å². The third kappa shape index (κ3) is 5.84. The van der Waals surface area contributed by atoms with E-state index in [1.54, 1.807) is 4.90 Å². The number of thiocarbonyl (C=S) groups is 1. The van der Waals surface area contributed by atoms with Crippen LogP contribution < -0.4 is 4.74 Å². The highest BCUT2D eigenvalue weighted by atomic mass is 32.2. The van der Waals surface area contributed by atoms with Crippen molar-refractivity contribution in [1.29, 1.82) is 0 Å². The molecule has 0 atom stereocenters. The van der Waals surface area contributed by atoms with E-state index in [4.69, 9.17) is 22.1 Å². The van der Waals surface area contributed by atoms with E-state index in [1.165, 1.54) is 17.3 Å². The molecule has 3 aromatic carbocycles. The van der Waals surface area contributed by atoms with Crippen LogP contribution in [-0.4, -0.2) is 38.1 Å². The molecule has 0 radical (unpaired) electrons. The van der Waals surface area contributed by atoms with Gasteiger partial charge in [0.1, 0.15) is 10.1 Å². The fraction of sp³-hybridized carbons (Fsp3) is 0.167. The van der Waals surface area contributed by atoms with Gasteiger partial charge >= 0.3 is 0 Å². The Morgan fingerprint density at radius 3 is 2.38 bits per heavy atom. The molecule has 7 heteroatoms. The van der Waals surface area contributed by atoms with Gasteiger partial charge in [0.25, 0.3) is 5.91 Å². The Balaban J connectivity index is 1.44. The molecule has 4 aromatic rings. The molecule has 0 saturated carbocycles. The summed E-state index contributed by atoms with van der Waals surface area (Å²) in [4.78, 5) is 15.6. The Bertz CT molecular complexity index is 1410. The van der Waals surface area contributed by atoms with Gasteiger partial charge in [-0.1, -0.05) is 79.4 Å². The van der Waals surface area contributed by atoms with Gasteiger partial charge in [0.2, 0.25) is 0 Å². The van der Waals surface area contributed by atoms with Crippen LogP contribution in [0.25, 0.3) is 23.0 Å². The summed E-state index contributed by atoms with van der Waals surface area (Å²) in [6.45, 7) is 3.32. The van der Waals surface area contributed by atoms with E-state index >= 15 is 0 Å². The summed E-state index contributed by atoms with van der Waals surface area (Å²) in [7, 11) is 0. The smallest absolute Gasteiger partial charge is 0.266 e. The number of amides is 1. The molecule has 2 heterocycles. The predicted molar refractivity (Wildman–Crippen MR) is 155 cm³/mol. The molecule has 0 bridgehead atoms. The van der Waals surface area contributed by atoms with Gasteiger partial charge in [-0.25, -0.2) is 4.68 Å². The minimum absolute atomic E-state index is 0.0624. The molecule has 1 aliphatic heterocycles. The van der Waals surface area contributed by atoms with Gasteiger partial charge in [-0.05, 0) is 60.9 Å². The van der Waals surface area contributed by atoms with Crippen LogP contribution >= 0.6 is 24.0 Å². The van der Waals surface area contributed by atoms with Crippen LogP contribution in [0.5, 0.6) is 5.75 Å². The maximum Gasteiger partial charge on any atom is 0.266 e. The normalized spacial score (nSPS) is 14.5. The maximum absolute atomic E-state index is 13.3. The fourth-order valence-electron chi connectivity index (χ4n) is 4.08. The third-order valence-corrected chi connectivity index (χ3v) is 7.37. The van der Waals surface area contributed by atoms with Gasteiger partial charge < -0.3 is 4.74 Å². The summed E-state index contributed by atoms with van der Waals surface area (Å²) >= 11 is 6.92. The minimum atomic E-state index is -0.0624. The molecule has 0 N–H and O–H groups in total. The second-order valence-electron chi connectivity index (χ2n) is 8.65. The van der Waals surface area contributed by atoms with Gasteiger partial charge in [-0.2, -0.15) is 5.10 Å². The molecule has 1 aromatic heterocycles. The van der Waals surface area contributed by atoms with Gasteiger partial charge in [-0.15, -0.1) is 0 Å². The number of benzene rings is 3. The van der Waals surface area contributed by atoms with Gasteiger partial charge in [0.15, 0.2) is 0 Å². The lowest BCUT2D eigenvalue weighted by Crippen LogP contribution is -2.30. The van der Waals surface area contributed by atoms with Gasteiger partial charge in [0, 0.05) is 23.9 Å². The first-order chi connectivity index (χ1) is 18.1. The number of carbonyl (C=O) groups excluding carboxylic acids is 1. The summed E-state index contributed by atoms with van der Waals surface area (Å²) < 4.78 is 8.18. The molecule has 5 rings (SSSR count). The molecule has 37 heavy (non-hydrogen) atoms. The van der Waals surface area contributed by atoms with Gasteiger partial charge in [-0.3, -0.25) is 9.69 Å². The fourth-order valence-corrected chi connectivity index (χ4v) is 5.38.